The van der Waals surface area contributed by atoms with Crippen LogP contribution in [0.15, 0.2) is 30.6 Å². The standard InChI is InChI=1S/C10H9ClIN3/c11-9-3-1-2-7(4-13)10(9)15-6-8(12)5-14-15/h1-3,5-6H,4,13H2. The Morgan fingerprint density at radius 3 is 2.87 bits per heavy atom. The second kappa shape index (κ2) is 4.51. The van der Waals surface area contributed by atoms with E-state index >= 15 is 0 Å². The van der Waals surface area contributed by atoms with Crippen molar-refractivity contribution >= 4 is 34.2 Å². The van der Waals surface area contributed by atoms with Gasteiger partial charge in [0.05, 0.1) is 20.5 Å². The van der Waals surface area contributed by atoms with Gasteiger partial charge in [-0.3, -0.25) is 0 Å². The van der Waals surface area contributed by atoms with Crippen molar-refractivity contribution < 1.29 is 0 Å². The average molecular weight is 334 g/mol. The molecule has 0 amide bonds. The third kappa shape index (κ3) is 2.16. The fourth-order valence-electron chi connectivity index (χ4n) is 1.40. The van der Waals surface area contributed by atoms with E-state index in [0.717, 1.165) is 14.8 Å². The molecule has 3 nitrogen and oxygen atoms in total. The lowest BCUT2D eigenvalue weighted by Crippen LogP contribution is -2.05. The number of hydrogen-bond acceptors (Lipinski definition) is 2. The summed E-state index contributed by atoms with van der Waals surface area (Å²) in [5.74, 6) is 0. The van der Waals surface area contributed by atoms with Gasteiger partial charge in [-0.15, -0.1) is 0 Å². The highest BCUT2D eigenvalue weighted by atomic mass is 127. The Kier molecular flexibility index (Phi) is 3.28. The summed E-state index contributed by atoms with van der Waals surface area (Å²) in [6.45, 7) is 0.451. The molecule has 1 heterocycles. The molecule has 0 radical (unpaired) electrons. The van der Waals surface area contributed by atoms with Crippen molar-refractivity contribution in [3.05, 3.63) is 44.7 Å². The molecule has 5 heteroatoms. The summed E-state index contributed by atoms with van der Waals surface area (Å²) < 4.78 is 2.82. The lowest BCUT2D eigenvalue weighted by molar-refractivity contribution is 0.858. The van der Waals surface area contributed by atoms with E-state index in [1.165, 1.54) is 0 Å². The van der Waals surface area contributed by atoms with Crippen LogP contribution in [0, 0.1) is 3.57 Å². The third-order valence-electron chi connectivity index (χ3n) is 2.07. The number of benzene rings is 1. The van der Waals surface area contributed by atoms with Gasteiger partial charge in [-0.05, 0) is 34.2 Å². The second-order valence-corrected chi connectivity index (χ2v) is 4.71. The van der Waals surface area contributed by atoms with Gasteiger partial charge in [-0.2, -0.15) is 5.10 Å². The van der Waals surface area contributed by atoms with Gasteiger partial charge in [-0.1, -0.05) is 23.7 Å². The predicted molar refractivity (Wildman–Crippen MR) is 69.2 cm³/mol. The number of halogens is 2. The lowest BCUT2D eigenvalue weighted by Gasteiger charge is -2.09. The van der Waals surface area contributed by atoms with Crippen molar-refractivity contribution in [2.75, 3.05) is 0 Å². The van der Waals surface area contributed by atoms with Crippen LogP contribution < -0.4 is 5.73 Å². The number of hydrogen-bond donors (Lipinski definition) is 1. The van der Waals surface area contributed by atoms with Gasteiger partial charge in [0.2, 0.25) is 0 Å². The topological polar surface area (TPSA) is 43.8 Å². The molecule has 0 unspecified atom stereocenters. The van der Waals surface area contributed by atoms with Crippen LogP contribution >= 0.6 is 34.2 Å². The zero-order valence-electron chi connectivity index (χ0n) is 7.82. The van der Waals surface area contributed by atoms with Crippen LogP contribution in [-0.2, 0) is 6.54 Å². The van der Waals surface area contributed by atoms with E-state index in [1.807, 2.05) is 24.4 Å². The van der Waals surface area contributed by atoms with E-state index in [9.17, 15) is 0 Å². The van der Waals surface area contributed by atoms with Gasteiger partial charge in [0.1, 0.15) is 0 Å². The fourth-order valence-corrected chi connectivity index (χ4v) is 2.07. The molecule has 0 aliphatic rings. The van der Waals surface area contributed by atoms with Gasteiger partial charge in [0.25, 0.3) is 0 Å². The number of para-hydroxylation sites is 1. The highest BCUT2D eigenvalue weighted by Crippen LogP contribution is 2.24. The number of rotatable bonds is 2. The van der Waals surface area contributed by atoms with E-state index in [4.69, 9.17) is 17.3 Å². The molecule has 2 aromatic rings. The van der Waals surface area contributed by atoms with Crippen molar-refractivity contribution in [3.8, 4) is 5.69 Å². The van der Waals surface area contributed by atoms with E-state index in [1.54, 1.807) is 10.9 Å². The molecule has 78 valence electrons. The maximum absolute atomic E-state index is 6.13. The third-order valence-corrected chi connectivity index (χ3v) is 2.93. The molecular weight excluding hydrogens is 324 g/mol. The quantitative estimate of drug-likeness (QED) is 0.859. The molecule has 0 atom stereocenters. The fraction of sp³-hybridized carbons (Fsp3) is 0.100. The van der Waals surface area contributed by atoms with Crippen molar-refractivity contribution in [1.29, 1.82) is 0 Å². The minimum absolute atomic E-state index is 0.451. The van der Waals surface area contributed by atoms with E-state index < -0.39 is 0 Å². The van der Waals surface area contributed by atoms with Crippen LogP contribution in [0.4, 0.5) is 0 Å². The molecule has 0 fully saturated rings. The van der Waals surface area contributed by atoms with Crippen molar-refractivity contribution in [3.63, 3.8) is 0 Å². The number of nitrogens with two attached hydrogens (primary N) is 1. The summed E-state index contributed by atoms with van der Waals surface area (Å²) in [6.07, 6.45) is 3.70. The van der Waals surface area contributed by atoms with Crippen LogP contribution in [0.2, 0.25) is 5.02 Å². The molecular formula is C10H9ClIN3. The summed E-state index contributed by atoms with van der Waals surface area (Å²) in [4.78, 5) is 0. The maximum Gasteiger partial charge on any atom is 0.0876 e. The van der Waals surface area contributed by atoms with Gasteiger partial charge < -0.3 is 5.73 Å². The summed E-state index contributed by atoms with van der Waals surface area (Å²) in [5.41, 5.74) is 7.52. The molecule has 0 aliphatic heterocycles. The second-order valence-electron chi connectivity index (χ2n) is 3.05. The molecule has 2 N–H and O–H groups in total. The van der Waals surface area contributed by atoms with Crippen LogP contribution in [0.25, 0.3) is 5.69 Å². The first-order chi connectivity index (χ1) is 7.22. The monoisotopic (exact) mass is 333 g/mol. The Hall–Kier alpha value is -0.590. The Bertz CT molecular complexity index is 481. The van der Waals surface area contributed by atoms with E-state index in [2.05, 4.69) is 27.7 Å². The molecule has 1 aromatic heterocycles. The largest absolute Gasteiger partial charge is 0.326 e. The van der Waals surface area contributed by atoms with Crippen LogP contribution in [0.5, 0.6) is 0 Å². The molecule has 0 aliphatic carbocycles. The van der Waals surface area contributed by atoms with Crippen molar-refractivity contribution in [2.24, 2.45) is 5.73 Å². The van der Waals surface area contributed by atoms with Gasteiger partial charge in [0.15, 0.2) is 0 Å². The van der Waals surface area contributed by atoms with Crippen LogP contribution in [-0.4, -0.2) is 9.78 Å². The highest BCUT2D eigenvalue weighted by molar-refractivity contribution is 14.1. The Morgan fingerprint density at radius 1 is 1.47 bits per heavy atom. The van der Waals surface area contributed by atoms with Gasteiger partial charge >= 0.3 is 0 Å². The first-order valence-corrected chi connectivity index (χ1v) is 5.86. The minimum atomic E-state index is 0.451. The summed E-state index contributed by atoms with van der Waals surface area (Å²) in [6, 6.07) is 5.68. The smallest absolute Gasteiger partial charge is 0.0876 e. The molecule has 0 spiro atoms. The van der Waals surface area contributed by atoms with Crippen molar-refractivity contribution in [1.82, 2.24) is 9.78 Å². The maximum atomic E-state index is 6.13. The lowest BCUT2D eigenvalue weighted by atomic mass is 10.2. The Morgan fingerprint density at radius 2 is 2.27 bits per heavy atom. The minimum Gasteiger partial charge on any atom is -0.326 e. The molecule has 0 saturated heterocycles. The first-order valence-electron chi connectivity index (χ1n) is 4.40. The first kappa shape index (κ1) is 10.9. The van der Waals surface area contributed by atoms with Crippen molar-refractivity contribution in [2.45, 2.75) is 6.54 Å². The van der Waals surface area contributed by atoms with Gasteiger partial charge in [-0.25, -0.2) is 4.68 Å². The number of aromatic nitrogens is 2. The predicted octanol–water partition coefficient (Wildman–Crippen LogP) is 2.59. The van der Waals surface area contributed by atoms with Crippen LogP contribution in [0.1, 0.15) is 5.56 Å². The summed E-state index contributed by atoms with van der Waals surface area (Å²) in [5, 5.41) is 4.89. The van der Waals surface area contributed by atoms with E-state index in [-0.39, 0.29) is 0 Å². The Balaban J connectivity index is 2.60. The molecule has 2 rings (SSSR count). The van der Waals surface area contributed by atoms with Gasteiger partial charge in [0, 0.05) is 12.7 Å². The zero-order valence-corrected chi connectivity index (χ0v) is 10.7. The van der Waals surface area contributed by atoms with E-state index in [0.29, 0.717) is 11.6 Å². The summed E-state index contributed by atoms with van der Waals surface area (Å²) in [7, 11) is 0. The average Bonchev–Trinajstić information content (AvgIpc) is 2.64. The molecule has 1 aromatic carbocycles. The SMILES string of the molecule is NCc1cccc(Cl)c1-n1cc(I)cn1. The molecule has 15 heavy (non-hydrogen) atoms. The number of nitrogens with zero attached hydrogens (tertiary/aromatic N) is 2. The Labute approximate surface area is 106 Å². The normalized spacial score (nSPS) is 10.6. The summed E-state index contributed by atoms with van der Waals surface area (Å²) >= 11 is 8.34. The highest BCUT2D eigenvalue weighted by Gasteiger charge is 2.08. The molecule has 0 bridgehead atoms. The molecule has 0 saturated carbocycles. The zero-order chi connectivity index (χ0) is 10.8. The van der Waals surface area contributed by atoms with Crippen LogP contribution in [0.3, 0.4) is 0 Å².